The lowest BCUT2D eigenvalue weighted by molar-refractivity contribution is 0.460. The molecule has 32 heavy (non-hydrogen) atoms. The normalized spacial score (nSPS) is 15.3. The van der Waals surface area contributed by atoms with Crippen LogP contribution in [0, 0.1) is 0 Å². The molecule has 1 saturated heterocycles. The molecule has 0 spiro atoms. The highest BCUT2D eigenvalue weighted by molar-refractivity contribution is 7.88. The summed E-state index contributed by atoms with van der Waals surface area (Å²) < 4.78 is 26.0. The zero-order chi connectivity index (χ0) is 22.1. The molecule has 1 aliphatic heterocycles. The molecule has 3 aromatic heterocycles. The fourth-order valence-corrected chi connectivity index (χ4v) is 5.89. The fraction of sp³-hybridized carbons (Fsp3) is 0.261. The number of aromatic nitrogens is 3. The van der Waals surface area contributed by atoms with Gasteiger partial charge in [0.05, 0.1) is 11.6 Å². The topological polar surface area (TPSA) is 88.1 Å². The van der Waals surface area contributed by atoms with Crippen molar-refractivity contribution in [2.75, 3.05) is 24.2 Å². The van der Waals surface area contributed by atoms with E-state index in [2.05, 4.69) is 32.1 Å². The van der Waals surface area contributed by atoms with E-state index in [1.54, 1.807) is 17.5 Å². The number of piperidine rings is 1. The zero-order valence-corrected chi connectivity index (χ0v) is 19.2. The van der Waals surface area contributed by atoms with Crippen LogP contribution in [-0.2, 0) is 10.0 Å². The van der Waals surface area contributed by atoms with Gasteiger partial charge in [-0.25, -0.2) is 23.1 Å². The number of pyridine rings is 1. The Balaban J connectivity index is 1.58. The summed E-state index contributed by atoms with van der Waals surface area (Å²) in [6, 6.07) is 15.9. The molecular formula is C23H23N5O2S2. The number of nitrogens with zero attached hydrogens (tertiary/aromatic N) is 4. The highest BCUT2D eigenvalue weighted by Gasteiger charge is 2.26. The lowest BCUT2D eigenvalue weighted by Crippen LogP contribution is -2.44. The second-order valence-electron chi connectivity index (χ2n) is 7.93. The minimum Gasteiger partial charge on any atom is -0.356 e. The van der Waals surface area contributed by atoms with Gasteiger partial charge in [-0.2, -0.15) is 0 Å². The van der Waals surface area contributed by atoms with Crippen LogP contribution < -0.4 is 9.62 Å². The maximum atomic E-state index is 11.6. The van der Waals surface area contributed by atoms with Crippen LogP contribution in [0.25, 0.3) is 32.9 Å². The number of hydrogen-bond donors (Lipinski definition) is 1. The van der Waals surface area contributed by atoms with Crippen molar-refractivity contribution in [2.24, 2.45) is 0 Å². The molecule has 1 N–H and O–H groups in total. The van der Waals surface area contributed by atoms with Gasteiger partial charge in [-0.15, -0.1) is 11.3 Å². The molecule has 4 aromatic rings. The van der Waals surface area contributed by atoms with Crippen LogP contribution in [0.1, 0.15) is 12.8 Å². The van der Waals surface area contributed by atoms with Crippen molar-refractivity contribution < 1.29 is 8.42 Å². The van der Waals surface area contributed by atoms with Crippen LogP contribution in [-0.4, -0.2) is 48.8 Å². The molecule has 1 fully saturated rings. The first-order chi connectivity index (χ1) is 15.5. The van der Waals surface area contributed by atoms with E-state index in [0.29, 0.717) is 18.9 Å². The van der Waals surface area contributed by atoms with E-state index < -0.39 is 10.0 Å². The van der Waals surface area contributed by atoms with Crippen molar-refractivity contribution in [1.29, 1.82) is 0 Å². The third-order valence-electron chi connectivity index (χ3n) is 5.57. The van der Waals surface area contributed by atoms with Crippen LogP contribution in [0.2, 0.25) is 0 Å². The zero-order valence-electron chi connectivity index (χ0n) is 17.6. The molecule has 4 heterocycles. The van der Waals surface area contributed by atoms with E-state index in [0.717, 1.165) is 45.7 Å². The van der Waals surface area contributed by atoms with Gasteiger partial charge >= 0.3 is 0 Å². The van der Waals surface area contributed by atoms with E-state index in [1.807, 2.05) is 36.4 Å². The Kier molecular flexibility index (Phi) is 5.62. The van der Waals surface area contributed by atoms with Gasteiger partial charge in [0, 0.05) is 36.3 Å². The number of nitrogens with one attached hydrogen (secondary N) is 1. The SMILES string of the molecule is CS(=O)(=O)NC1CCN(c2nc(-c3ccccn3)nc3scc(-c4ccccc4)c23)CC1. The van der Waals surface area contributed by atoms with Gasteiger partial charge < -0.3 is 4.90 Å². The Bertz CT molecular complexity index is 1330. The number of rotatable bonds is 5. The first-order valence-electron chi connectivity index (χ1n) is 10.5. The van der Waals surface area contributed by atoms with E-state index in [9.17, 15) is 8.42 Å². The summed E-state index contributed by atoms with van der Waals surface area (Å²) in [6.45, 7) is 1.43. The smallest absolute Gasteiger partial charge is 0.208 e. The molecule has 164 valence electrons. The van der Waals surface area contributed by atoms with Crippen LogP contribution in [0.3, 0.4) is 0 Å². The predicted molar refractivity (Wildman–Crippen MR) is 129 cm³/mol. The maximum Gasteiger partial charge on any atom is 0.208 e. The quantitative estimate of drug-likeness (QED) is 0.480. The molecule has 9 heteroatoms. The molecular weight excluding hydrogens is 442 g/mol. The number of anilines is 1. The van der Waals surface area contributed by atoms with Crippen LogP contribution >= 0.6 is 11.3 Å². The number of thiophene rings is 1. The summed E-state index contributed by atoms with van der Waals surface area (Å²) in [5.41, 5.74) is 2.98. The molecule has 5 rings (SSSR count). The summed E-state index contributed by atoms with van der Waals surface area (Å²) in [4.78, 5) is 17.4. The van der Waals surface area contributed by atoms with Crippen molar-refractivity contribution in [2.45, 2.75) is 18.9 Å². The molecule has 0 atom stereocenters. The van der Waals surface area contributed by atoms with Crippen LogP contribution in [0.5, 0.6) is 0 Å². The third kappa shape index (κ3) is 4.36. The number of hydrogen-bond acceptors (Lipinski definition) is 7. The highest BCUT2D eigenvalue weighted by Crippen LogP contribution is 2.40. The van der Waals surface area contributed by atoms with Crippen molar-refractivity contribution in [3.63, 3.8) is 0 Å². The monoisotopic (exact) mass is 465 g/mol. The lowest BCUT2D eigenvalue weighted by Gasteiger charge is -2.33. The van der Waals surface area contributed by atoms with Crippen LogP contribution in [0.15, 0.2) is 60.1 Å². The first-order valence-corrected chi connectivity index (χ1v) is 13.2. The third-order valence-corrected chi connectivity index (χ3v) is 7.20. The summed E-state index contributed by atoms with van der Waals surface area (Å²) in [7, 11) is -3.22. The van der Waals surface area contributed by atoms with Gasteiger partial charge in [0.1, 0.15) is 16.3 Å². The van der Waals surface area contributed by atoms with Gasteiger partial charge in [-0.1, -0.05) is 36.4 Å². The van der Waals surface area contributed by atoms with Crippen molar-refractivity contribution in [1.82, 2.24) is 19.7 Å². The van der Waals surface area contributed by atoms with Gasteiger partial charge in [0.15, 0.2) is 5.82 Å². The van der Waals surface area contributed by atoms with Crippen molar-refractivity contribution in [3.8, 4) is 22.6 Å². The molecule has 0 radical (unpaired) electrons. The van der Waals surface area contributed by atoms with Crippen LogP contribution in [0.4, 0.5) is 5.82 Å². The molecule has 0 unspecified atom stereocenters. The summed E-state index contributed by atoms with van der Waals surface area (Å²) >= 11 is 1.61. The number of sulfonamides is 1. The first kappa shape index (κ1) is 21.0. The molecule has 0 aliphatic carbocycles. The summed E-state index contributed by atoms with van der Waals surface area (Å²) in [6.07, 6.45) is 4.41. The Morgan fingerprint density at radius 3 is 2.47 bits per heavy atom. The molecule has 1 aromatic carbocycles. The lowest BCUT2D eigenvalue weighted by atomic mass is 10.0. The Hall–Kier alpha value is -2.88. The summed E-state index contributed by atoms with van der Waals surface area (Å²) in [5, 5.41) is 3.17. The standard InChI is InChI=1S/C23H23N5O2S2/c1-32(29,30)27-17-10-13-28(14-11-17)22-20-18(16-7-3-2-4-8-16)15-31-23(20)26-21(25-22)19-9-5-6-12-24-19/h2-9,12,15,17,27H,10-11,13-14H2,1H3. The minimum atomic E-state index is -3.22. The molecule has 1 aliphatic rings. The molecule has 0 saturated carbocycles. The largest absolute Gasteiger partial charge is 0.356 e. The number of benzene rings is 1. The van der Waals surface area contributed by atoms with Gasteiger partial charge in [0.25, 0.3) is 0 Å². The van der Waals surface area contributed by atoms with Crippen molar-refractivity contribution >= 4 is 37.4 Å². The van der Waals surface area contributed by atoms with E-state index >= 15 is 0 Å². The van der Waals surface area contributed by atoms with Gasteiger partial charge in [0.2, 0.25) is 10.0 Å². The second kappa shape index (κ2) is 8.57. The van der Waals surface area contributed by atoms with Gasteiger partial charge in [-0.05, 0) is 30.5 Å². The minimum absolute atomic E-state index is 0.0510. The second-order valence-corrected chi connectivity index (χ2v) is 10.6. The molecule has 7 nitrogen and oxygen atoms in total. The van der Waals surface area contributed by atoms with E-state index in [-0.39, 0.29) is 6.04 Å². The average molecular weight is 466 g/mol. The highest BCUT2D eigenvalue weighted by atomic mass is 32.2. The average Bonchev–Trinajstić information content (AvgIpc) is 3.23. The predicted octanol–water partition coefficient (Wildman–Crippen LogP) is 3.94. The number of fused-ring (bicyclic) bond motifs is 1. The Morgan fingerprint density at radius 1 is 1.03 bits per heavy atom. The summed E-state index contributed by atoms with van der Waals surface area (Å²) in [5.74, 6) is 1.49. The molecule has 0 bridgehead atoms. The Morgan fingerprint density at radius 2 is 1.78 bits per heavy atom. The van der Waals surface area contributed by atoms with Gasteiger partial charge in [-0.3, -0.25) is 4.98 Å². The fourth-order valence-electron chi connectivity index (χ4n) is 4.10. The maximum absolute atomic E-state index is 11.6. The molecule has 0 amide bonds. The van der Waals surface area contributed by atoms with Crippen molar-refractivity contribution in [3.05, 3.63) is 60.1 Å². The Labute approximate surface area is 191 Å². The van der Waals surface area contributed by atoms with E-state index in [4.69, 9.17) is 9.97 Å². The van der Waals surface area contributed by atoms with E-state index in [1.165, 1.54) is 6.26 Å².